The highest BCUT2D eigenvalue weighted by molar-refractivity contribution is 5.94. The largest absolute Gasteiger partial charge is 0.495 e. The number of likely N-dealkylation sites (N-methyl/N-ethyl adjacent to an activating group) is 1. The average Bonchev–Trinajstić information content (AvgIpc) is 2.48. The number of carbonyl (C=O) groups is 1. The van der Waals surface area contributed by atoms with Gasteiger partial charge in [-0.25, -0.2) is 0 Å². The fourth-order valence-corrected chi connectivity index (χ4v) is 2.61. The Labute approximate surface area is 120 Å². The fourth-order valence-electron chi connectivity index (χ4n) is 2.61. The van der Waals surface area contributed by atoms with Crippen LogP contribution in [-0.4, -0.2) is 52.3 Å². The summed E-state index contributed by atoms with van der Waals surface area (Å²) in [5.74, 6) is 0.759. The molecule has 1 heterocycles. The number of hydrogen-bond acceptors (Lipinski definition) is 2. The van der Waals surface area contributed by atoms with Crippen LogP contribution in [0.3, 0.4) is 0 Å². The maximum Gasteiger partial charge on any atom is 0.282 e. The molecule has 0 saturated carbocycles. The third-order valence-electron chi connectivity index (χ3n) is 4.12. The van der Waals surface area contributed by atoms with Gasteiger partial charge in [0.05, 0.1) is 19.8 Å². The van der Waals surface area contributed by atoms with E-state index in [1.807, 2.05) is 31.2 Å². The molecule has 5 heteroatoms. The van der Waals surface area contributed by atoms with Crippen LogP contribution >= 0.6 is 0 Å². The van der Waals surface area contributed by atoms with E-state index in [1.54, 1.807) is 12.0 Å². The Hall–Kier alpha value is -1.59. The number of nitrogens with one attached hydrogen (secondary N) is 3. The van der Waals surface area contributed by atoms with Crippen molar-refractivity contribution in [2.75, 3.05) is 45.7 Å². The first-order valence-electron chi connectivity index (χ1n) is 7.21. The molecular weight excluding hydrogens is 254 g/mol. The van der Waals surface area contributed by atoms with Crippen LogP contribution in [0.5, 0.6) is 5.75 Å². The zero-order valence-corrected chi connectivity index (χ0v) is 12.5. The second-order valence-corrected chi connectivity index (χ2v) is 5.53. The Bertz CT molecular complexity index is 456. The van der Waals surface area contributed by atoms with E-state index in [9.17, 15) is 4.79 Å². The number of piperazine rings is 1. The van der Waals surface area contributed by atoms with Gasteiger partial charge in [-0.2, -0.15) is 0 Å². The Balaban J connectivity index is 1.97. The molecule has 1 aromatic carbocycles. The van der Waals surface area contributed by atoms with Crippen LogP contribution in [-0.2, 0) is 4.79 Å². The molecule has 1 fully saturated rings. The van der Waals surface area contributed by atoms with Crippen molar-refractivity contribution in [3.05, 3.63) is 24.3 Å². The van der Waals surface area contributed by atoms with E-state index in [2.05, 4.69) is 12.4 Å². The lowest BCUT2D eigenvalue weighted by molar-refractivity contribution is -1.01. The van der Waals surface area contributed by atoms with Gasteiger partial charge in [0.15, 0.2) is 6.04 Å². The summed E-state index contributed by atoms with van der Waals surface area (Å²) in [5, 5.41) is 2.98. The lowest BCUT2D eigenvalue weighted by atomic mass is 10.2. The van der Waals surface area contributed by atoms with Gasteiger partial charge in [0, 0.05) is 0 Å². The first-order chi connectivity index (χ1) is 9.61. The minimum Gasteiger partial charge on any atom is -0.495 e. The highest BCUT2D eigenvalue weighted by atomic mass is 16.5. The van der Waals surface area contributed by atoms with Crippen molar-refractivity contribution >= 4 is 11.6 Å². The number of ether oxygens (including phenoxy) is 1. The van der Waals surface area contributed by atoms with Crippen molar-refractivity contribution in [2.24, 2.45) is 0 Å². The summed E-state index contributed by atoms with van der Waals surface area (Å²) in [6, 6.07) is 7.48. The van der Waals surface area contributed by atoms with E-state index in [0.717, 1.165) is 31.9 Å². The van der Waals surface area contributed by atoms with Gasteiger partial charge < -0.3 is 19.9 Å². The van der Waals surface area contributed by atoms with Crippen molar-refractivity contribution in [1.82, 2.24) is 0 Å². The molecule has 0 unspecified atom stereocenters. The molecule has 0 bridgehead atoms. The van der Waals surface area contributed by atoms with Gasteiger partial charge in [-0.05, 0) is 19.1 Å². The number of carbonyl (C=O) groups excluding carboxylic acids is 1. The van der Waals surface area contributed by atoms with Crippen LogP contribution in [0.4, 0.5) is 5.69 Å². The maximum absolute atomic E-state index is 12.4. The van der Waals surface area contributed by atoms with E-state index in [1.165, 1.54) is 4.90 Å². The number of quaternary nitrogens is 2. The van der Waals surface area contributed by atoms with Crippen LogP contribution < -0.4 is 19.9 Å². The third kappa shape index (κ3) is 3.49. The molecule has 0 radical (unpaired) electrons. The second kappa shape index (κ2) is 6.72. The minimum atomic E-state index is -0.0342. The zero-order chi connectivity index (χ0) is 14.5. The van der Waals surface area contributed by atoms with Gasteiger partial charge in [0.25, 0.3) is 5.91 Å². The lowest BCUT2D eigenvalue weighted by Gasteiger charge is -2.30. The van der Waals surface area contributed by atoms with Crippen molar-refractivity contribution in [3.63, 3.8) is 0 Å². The smallest absolute Gasteiger partial charge is 0.282 e. The summed E-state index contributed by atoms with van der Waals surface area (Å²) in [6.45, 7) is 6.35. The number of rotatable bonds is 4. The number of amides is 1. The summed E-state index contributed by atoms with van der Waals surface area (Å²) in [4.78, 5) is 15.3. The monoisotopic (exact) mass is 279 g/mol. The number of hydrogen-bond donors (Lipinski definition) is 3. The minimum absolute atomic E-state index is 0.0342. The van der Waals surface area contributed by atoms with Gasteiger partial charge in [0.2, 0.25) is 0 Å². The zero-order valence-electron chi connectivity index (χ0n) is 12.5. The van der Waals surface area contributed by atoms with Gasteiger partial charge in [-0.1, -0.05) is 12.1 Å². The van der Waals surface area contributed by atoms with Crippen molar-refractivity contribution in [3.8, 4) is 5.75 Å². The molecule has 110 valence electrons. The van der Waals surface area contributed by atoms with Gasteiger partial charge in [0.1, 0.15) is 31.9 Å². The molecule has 1 atom stereocenters. The molecule has 1 aromatic rings. The molecule has 0 aliphatic carbocycles. The standard InChI is InChI=1S/C15H23N3O2/c1-12(18-10-8-17(2)9-11-18)15(19)16-13-6-4-5-7-14(13)20-3/h4-7,12H,8-11H2,1-3H3,(H,16,19)/p+2/t12-/m1/s1. The number of methoxy groups -OCH3 is 1. The van der Waals surface area contributed by atoms with Gasteiger partial charge in [-0.3, -0.25) is 4.79 Å². The second-order valence-electron chi connectivity index (χ2n) is 5.53. The van der Waals surface area contributed by atoms with E-state index >= 15 is 0 Å². The summed E-state index contributed by atoms with van der Waals surface area (Å²) >= 11 is 0. The molecule has 1 aliphatic rings. The first-order valence-corrected chi connectivity index (χ1v) is 7.21. The quantitative estimate of drug-likeness (QED) is 0.624. The summed E-state index contributed by atoms with van der Waals surface area (Å²) in [5.41, 5.74) is 0.742. The van der Waals surface area contributed by atoms with Crippen LogP contribution in [0, 0.1) is 0 Å². The lowest BCUT2D eigenvalue weighted by Crippen LogP contribution is -3.29. The number of anilines is 1. The molecule has 1 amide bonds. The Morgan fingerprint density at radius 1 is 1.25 bits per heavy atom. The average molecular weight is 279 g/mol. The molecule has 5 nitrogen and oxygen atoms in total. The molecule has 0 aromatic heterocycles. The third-order valence-corrected chi connectivity index (χ3v) is 4.12. The summed E-state index contributed by atoms with van der Waals surface area (Å²) < 4.78 is 5.26. The molecule has 20 heavy (non-hydrogen) atoms. The van der Waals surface area contributed by atoms with E-state index in [-0.39, 0.29) is 11.9 Å². The summed E-state index contributed by atoms with van der Waals surface area (Å²) in [7, 11) is 3.82. The van der Waals surface area contributed by atoms with E-state index in [0.29, 0.717) is 5.75 Å². The molecular formula is C15H25N3O2+2. The molecule has 0 spiro atoms. The summed E-state index contributed by atoms with van der Waals surface area (Å²) in [6.07, 6.45) is 0. The van der Waals surface area contributed by atoms with Crippen molar-refractivity contribution in [2.45, 2.75) is 13.0 Å². The molecule has 1 aliphatic heterocycles. The number of benzene rings is 1. The predicted octanol–water partition coefficient (Wildman–Crippen LogP) is -1.56. The van der Waals surface area contributed by atoms with E-state index < -0.39 is 0 Å². The molecule has 1 saturated heterocycles. The Kier molecular flexibility index (Phi) is 4.98. The van der Waals surface area contributed by atoms with Gasteiger partial charge in [-0.15, -0.1) is 0 Å². The Morgan fingerprint density at radius 3 is 2.55 bits per heavy atom. The highest BCUT2D eigenvalue weighted by Crippen LogP contribution is 2.22. The van der Waals surface area contributed by atoms with Crippen LogP contribution in [0.1, 0.15) is 6.92 Å². The Morgan fingerprint density at radius 2 is 1.90 bits per heavy atom. The normalized spacial score (nSPS) is 23.9. The van der Waals surface area contributed by atoms with Crippen molar-refractivity contribution in [1.29, 1.82) is 0 Å². The first kappa shape index (κ1) is 14.8. The predicted molar refractivity (Wildman–Crippen MR) is 78.4 cm³/mol. The highest BCUT2D eigenvalue weighted by Gasteiger charge is 2.29. The van der Waals surface area contributed by atoms with Crippen LogP contribution in [0.2, 0.25) is 0 Å². The topological polar surface area (TPSA) is 47.2 Å². The molecule has 3 N–H and O–H groups in total. The number of para-hydroxylation sites is 2. The van der Waals surface area contributed by atoms with Crippen molar-refractivity contribution < 1.29 is 19.3 Å². The van der Waals surface area contributed by atoms with Gasteiger partial charge >= 0.3 is 0 Å². The van der Waals surface area contributed by atoms with Crippen LogP contribution in [0.25, 0.3) is 0 Å². The fraction of sp³-hybridized carbons (Fsp3) is 0.533. The maximum atomic E-state index is 12.4. The van der Waals surface area contributed by atoms with Crippen LogP contribution in [0.15, 0.2) is 24.3 Å². The molecule has 2 rings (SSSR count). The SMILES string of the molecule is COc1ccccc1NC(=O)[C@@H](C)[NH+]1CC[NH+](C)CC1. The van der Waals surface area contributed by atoms with E-state index in [4.69, 9.17) is 4.74 Å².